The zero-order valence-corrected chi connectivity index (χ0v) is 19.2. The van der Waals surface area contributed by atoms with Gasteiger partial charge in [0.05, 0.1) is 21.1 Å². The Morgan fingerprint density at radius 1 is 1.03 bits per heavy atom. The average molecular weight is 470 g/mol. The van der Waals surface area contributed by atoms with Crippen molar-refractivity contribution in [2.24, 2.45) is 0 Å². The highest BCUT2D eigenvalue weighted by Crippen LogP contribution is 2.31. The number of aromatic nitrogens is 2. The smallest absolute Gasteiger partial charge is 0.245 e. The van der Waals surface area contributed by atoms with Crippen LogP contribution in [0, 0.1) is 5.82 Å². The minimum atomic E-state index is -0.526. The van der Waals surface area contributed by atoms with Crippen LogP contribution in [0.5, 0.6) is 0 Å². The van der Waals surface area contributed by atoms with Crippen LogP contribution in [0.25, 0.3) is 11.0 Å². The number of fused-ring (bicyclic) bond motifs is 1. The fourth-order valence-corrected chi connectivity index (χ4v) is 4.16. The Balaban J connectivity index is 1.72. The van der Waals surface area contributed by atoms with Crippen LogP contribution < -0.4 is 0 Å². The van der Waals surface area contributed by atoms with Crippen LogP contribution in [0.3, 0.4) is 0 Å². The van der Waals surface area contributed by atoms with E-state index in [9.17, 15) is 9.18 Å². The Morgan fingerprint density at radius 2 is 1.69 bits per heavy atom. The highest BCUT2D eigenvalue weighted by Gasteiger charge is 2.25. The van der Waals surface area contributed by atoms with Crippen molar-refractivity contribution in [2.75, 3.05) is 7.05 Å². The number of likely N-dealkylation sites (N-methyl/N-ethyl adjacent to an activating group) is 1. The van der Waals surface area contributed by atoms with Gasteiger partial charge in [0.15, 0.2) is 0 Å². The molecule has 4 nitrogen and oxygen atoms in total. The molecule has 0 saturated carbocycles. The summed E-state index contributed by atoms with van der Waals surface area (Å²) in [5.74, 6) is 0.324. The number of halogens is 3. The van der Waals surface area contributed by atoms with Gasteiger partial charge in [0.25, 0.3) is 0 Å². The third kappa shape index (κ3) is 4.64. The summed E-state index contributed by atoms with van der Waals surface area (Å²) in [6.07, 6.45) is 0.435. The third-order valence-electron chi connectivity index (χ3n) is 5.46. The van der Waals surface area contributed by atoms with Gasteiger partial charge in [-0.25, -0.2) is 9.37 Å². The van der Waals surface area contributed by atoms with E-state index in [0.29, 0.717) is 34.4 Å². The second kappa shape index (κ2) is 9.31. The summed E-state index contributed by atoms with van der Waals surface area (Å²) < 4.78 is 15.3. The second-order valence-corrected chi connectivity index (χ2v) is 8.63. The lowest BCUT2D eigenvalue weighted by Crippen LogP contribution is -2.33. The van der Waals surface area contributed by atoms with E-state index in [-0.39, 0.29) is 11.7 Å². The quantitative estimate of drug-likeness (QED) is 0.332. The number of amides is 1. The number of benzene rings is 3. The molecule has 1 unspecified atom stereocenters. The van der Waals surface area contributed by atoms with Crippen LogP contribution >= 0.6 is 23.2 Å². The van der Waals surface area contributed by atoms with E-state index in [1.54, 1.807) is 36.2 Å². The molecule has 1 amide bonds. The zero-order chi connectivity index (χ0) is 22.8. The summed E-state index contributed by atoms with van der Waals surface area (Å²) in [6.45, 7) is 2.35. The molecule has 32 heavy (non-hydrogen) atoms. The molecular weight excluding hydrogens is 448 g/mol. The summed E-state index contributed by atoms with van der Waals surface area (Å²) in [5.41, 5.74) is 3.32. The number of imidazole rings is 1. The van der Waals surface area contributed by atoms with E-state index in [2.05, 4.69) is 0 Å². The van der Waals surface area contributed by atoms with Crippen molar-refractivity contribution in [3.8, 4) is 0 Å². The van der Waals surface area contributed by atoms with Gasteiger partial charge in [-0.1, -0.05) is 65.7 Å². The molecule has 0 saturated heterocycles. The topological polar surface area (TPSA) is 38.1 Å². The molecule has 3 aromatic carbocycles. The molecule has 0 spiro atoms. The lowest BCUT2D eigenvalue weighted by atomic mass is 10.1. The van der Waals surface area contributed by atoms with Crippen LogP contribution in [0.1, 0.15) is 29.9 Å². The van der Waals surface area contributed by atoms with Crippen LogP contribution in [0.15, 0.2) is 66.7 Å². The first kappa shape index (κ1) is 22.3. The van der Waals surface area contributed by atoms with Gasteiger partial charge in [0.1, 0.15) is 17.7 Å². The van der Waals surface area contributed by atoms with Crippen LogP contribution in [-0.4, -0.2) is 27.4 Å². The van der Waals surface area contributed by atoms with Gasteiger partial charge in [0.2, 0.25) is 5.91 Å². The Kier molecular flexibility index (Phi) is 6.49. The highest BCUT2D eigenvalue weighted by atomic mass is 35.5. The van der Waals surface area contributed by atoms with E-state index in [4.69, 9.17) is 28.2 Å². The van der Waals surface area contributed by atoms with Crippen LogP contribution in [0.2, 0.25) is 10.0 Å². The Morgan fingerprint density at radius 3 is 2.38 bits per heavy atom. The molecular formula is C25H22Cl2FN3O. The van der Waals surface area contributed by atoms with Crippen molar-refractivity contribution < 1.29 is 9.18 Å². The number of carbonyl (C=O) groups is 1. The standard InChI is InChI=1S/C25H22Cl2FN3O/c1-16(25(32)30(2)15-18-6-4-3-5-7-18)31-23-14-21(27)20(26)13-22(23)29-24(31)12-17-8-10-19(28)11-9-17/h3-11,13-14,16H,12,15H2,1-2H3. The number of nitrogens with zero attached hydrogens (tertiary/aromatic N) is 3. The van der Waals surface area contributed by atoms with Gasteiger partial charge < -0.3 is 9.47 Å². The maximum Gasteiger partial charge on any atom is 0.245 e. The van der Waals surface area contributed by atoms with Crippen LogP contribution in [0.4, 0.5) is 4.39 Å². The fraction of sp³-hybridized carbons (Fsp3) is 0.200. The molecule has 0 N–H and O–H groups in total. The van der Waals surface area contributed by atoms with Crippen molar-refractivity contribution in [1.29, 1.82) is 0 Å². The molecule has 4 rings (SSSR count). The number of rotatable bonds is 6. The molecule has 0 radical (unpaired) electrons. The van der Waals surface area contributed by atoms with E-state index in [1.807, 2.05) is 41.8 Å². The SMILES string of the molecule is CC(C(=O)N(C)Cc1ccccc1)n1c(Cc2ccc(F)cc2)nc2cc(Cl)c(Cl)cc21. The van der Waals surface area contributed by atoms with Crippen molar-refractivity contribution >= 4 is 40.1 Å². The van der Waals surface area contributed by atoms with Crippen LogP contribution in [-0.2, 0) is 17.8 Å². The first-order valence-corrected chi connectivity index (χ1v) is 11.0. The first-order valence-electron chi connectivity index (χ1n) is 10.2. The van der Waals surface area contributed by atoms with Crippen molar-refractivity contribution in [3.05, 3.63) is 99.5 Å². The number of hydrogen-bond acceptors (Lipinski definition) is 2. The van der Waals surface area contributed by atoms with Gasteiger partial charge in [-0.15, -0.1) is 0 Å². The fourth-order valence-electron chi connectivity index (χ4n) is 3.85. The van der Waals surface area contributed by atoms with Gasteiger partial charge >= 0.3 is 0 Å². The van der Waals surface area contributed by atoms with E-state index >= 15 is 0 Å². The minimum Gasteiger partial charge on any atom is -0.340 e. The predicted molar refractivity (Wildman–Crippen MR) is 127 cm³/mol. The van der Waals surface area contributed by atoms with Crippen molar-refractivity contribution in [2.45, 2.75) is 25.9 Å². The maximum absolute atomic E-state index is 13.4. The minimum absolute atomic E-state index is 0.0559. The van der Waals surface area contributed by atoms with E-state index in [1.165, 1.54) is 12.1 Å². The monoisotopic (exact) mass is 469 g/mol. The molecule has 1 heterocycles. The molecule has 0 fully saturated rings. The number of carbonyl (C=O) groups excluding carboxylic acids is 1. The molecule has 0 aliphatic heterocycles. The average Bonchev–Trinajstić information content (AvgIpc) is 3.11. The largest absolute Gasteiger partial charge is 0.340 e. The lowest BCUT2D eigenvalue weighted by Gasteiger charge is -2.24. The molecule has 7 heteroatoms. The Hall–Kier alpha value is -2.89. The Bertz CT molecular complexity index is 1260. The molecule has 4 aromatic rings. The lowest BCUT2D eigenvalue weighted by molar-refractivity contribution is -0.133. The van der Waals surface area contributed by atoms with Gasteiger partial charge in [-0.05, 0) is 42.3 Å². The van der Waals surface area contributed by atoms with E-state index in [0.717, 1.165) is 16.6 Å². The molecule has 0 aliphatic carbocycles. The van der Waals surface area contributed by atoms with Gasteiger partial charge in [-0.3, -0.25) is 4.79 Å². The zero-order valence-electron chi connectivity index (χ0n) is 17.7. The van der Waals surface area contributed by atoms with Gasteiger partial charge in [0, 0.05) is 20.0 Å². The molecule has 0 aliphatic rings. The summed E-state index contributed by atoms with van der Waals surface area (Å²) >= 11 is 12.5. The normalized spacial score (nSPS) is 12.2. The Labute approximate surface area is 196 Å². The van der Waals surface area contributed by atoms with E-state index < -0.39 is 6.04 Å². The predicted octanol–water partition coefficient (Wildman–Crippen LogP) is 6.29. The number of hydrogen-bond donors (Lipinski definition) is 0. The summed E-state index contributed by atoms with van der Waals surface area (Å²) in [6, 6.07) is 19.0. The second-order valence-electron chi connectivity index (χ2n) is 7.81. The summed E-state index contributed by atoms with van der Waals surface area (Å²) in [4.78, 5) is 19.8. The maximum atomic E-state index is 13.4. The highest BCUT2D eigenvalue weighted by molar-refractivity contribution is 6.42. The summed E-state index contributed by atoms with van der Waals surface area (Å²) in [7, 11) is 1.79. The molecule has 1 aromatic heterocycles. The van der Waals surface area contributed by atoms with Crippen molar-refractivity contribution in [3.63, 3.8) is 0 Å². The molecule has 164 valence electrons. The molecule has 0 bridgehead atoms. The van der Waals surface area contributed by atoms with Gasteiger partial charge in [-0.2, -0.15) is 0 Å². The molecule has 1 atom stereocenters. The summed E-state index contributed by atoms with van der Waals surface area (Å²) in [5, 5.41) is 0.795. The first-order chi connectivity index (χ1) is 15.3. The van der Waals surface area contributed by atoms with Crippen molar-refractivity contribution in [1.82, 2.24) is 14.5 Å². The third-order valence-corrected chi connectivity index (χ3v) is 6.19.